The van der Waals surface area contributed by atoms with E-state index in [9.17, 15) is 4.79 Å². The highest BCUT2D eigenvalue weighted by molar-refractivity contribution is 5.91. The second-order valence-electron chi connectivity index (χ2n) is 6.44. The molecule has 2 aliphatic heterocycles. The Bertz CT molecular complexity index is 534. The summed E-state index contributed by atoms with van der Waals surface area (Å²) in [7, 11) is 0. The van der Waals surface area contributed by atoms with Gasteiger partial charge in [-0.1, -0.05) is 6.92 Å². The van der Waals surface area contributed by atoms with Crippen molar-refractivity contribution >= 4 is 5.78 Å². The van der Waals surface area contributed by atoms with Crippen molar-refractivity contribution in [1.29, 1.82) is 0 Å². The lowest BCUT2D eigenvalue weighted by Crippen LogP contribution is -2.43. The van der Waals surface area contributed by atoms with Crippen LogP contribution < -0.4 is 0 Å². The molecule has 0 N–H and O–H groups in total. The van der Waals surface area contributed by atoms with Crippen molar-refractivity contribution in [3.05, 3.63) is 36.4 Å². The molecule has 0 aromatic carbocycles. The fraction of sp³-hybridized carbons (Fsp3) is 0.588. The van der Waals surface area contributed by atoms with Crippen LogP contribution in [0, 0.1) is 5.92 Å². The Morgan fingerprint density at radius 3 is 2.86 bits per heavy atom. The lowest BCUT2D eigenvalue weighted by atomic mass is 9.91. The van der Waals surface area contributed by atoms with Crippen LogP contribution >= 0.6 is 0 Å². The molecule has 0 spiro atoms. The first-order valence-electron chi connectivity index (χ1n) is 8.01. The molecule has 120 valence electrons. The summed E-state index contributed by atoms with van der Waals surface area (Å²) in [5.74, 6) is 0.917. The molecule has 2 atom stereocenters. The van der Waals surface area contributed by atoms with Crippen LogP contribution in [-0.2, 0) is 16.2 Å². The zero-order valence-corrected chi connectivity index (χ0v) is 13.3. The van der Waals surface area contributed by atoms with Gasteiger partial charge in [0, 0.05) is 18.7 Å². The highest BCUT2D eigenvalue weighted by Gasteiger charge is 2.40. The molecule has 0 aliphatic carbocycles. The fourth-order valence-electron chi connectivity index (χ4n) is 3.22. The Morgan fingerprint density at radius 1 is 1.41 bits per heavy atom. The van der Waals surface area contributed by atoms with E-state index in [2.05, 4.69) is 4.90 Å². The third-order valence-corrected chi connectivity index (χ3v) is 4.43. The molecule has 3 heterocycles. The first-order valence-corrected chi connectivity index (χ1v) is 8.01. The summed E-state index contributed by atoms with van der Waals surface area (Å²) in [4.78, 5) is 21.0. The van der Waals surface area contributed by atoms with Crippen molar-refractivity contribution in [3.63, 3.8) is 0 Å². The minimum atomic E-state index is -0.869. The standard InChI is InChI=1S/C17H24N2O3/c1-14(12-18-8-3-4-9-18)16(20)17(2)7-10-19(22-17)13-15-6-5-11-21-15/h5-7,10-11,14H,3-4,8-9,12-13H2,1-2H3. The SMILES string of the molecule is CC(CN1CCCC1)C(=O)C1(C)C=CN(Cc2ccco2)O1. The Kier molecular flexibility index (Phi) is 4.36. The van der Waals surface area contributed by atoms with Gasteiger partial charge in [-0.05, 0) is 51.1 Å². The summed E-state index contributed by atoms with van der Waals surface area (Å²) in [6.07, 6.45) is 7.79. The molecule has 5 heteroatoms. The monoisotopic (exact) mass is 304 g/mol. The molecular formula is C17H24N2O3. The number of carbonyl (C=O) groups excluding carboxylic acids is 1. The minimum absolute atomic E-state index is 0.0312. The highest BCUT2D eigenvalue weighted by Crippen LogP contribution is 2.28. The van der Waals surface area contributed by atoms with Gasteiger partial charge in [-0.15, -0.1) is 0 Å². The van der Waals surface area contributed by atoms with E-state index in [-0.39, 0.29) is 11.7 Å². The predicted octanol–water partition coefficient (Wildman–Crippen LogP) is 2.60. The zero-order valence-electron chi connectivity index (χ0n) is 13.3. The molecule has 2 aliphatic rings. The Labute approximate surface area is 131 Å². The van der Waals surface area contributed by atoms with E-state index in [1.165, 1.54) is 12.8 Å². The Balaban J connectivity index is 1.56. The van der Waals surface area contributed by atoms with Crippen molar-refractivity contribution < 1.29 is 14.0 Å². The lowest BCUT2D eigenvalue weighted by Gasteiger charge is -2.28. The van der Waals surface area contributed by atoms with Crippen LogP contribution in [0.4, 0.5) is 0 Å². The van der Waals surface area contributed by atoms with Gasteiger partial charge in [-0.2, -0.15) is 0 Å². The summed E-state index contributed by atoms with van der Waals surface area (Å²) in [5.41, 5.74) is -0.869. The Hall–Kier alpha value is -1.59. The van der Waals surface area contributed by atoms with Gasteiger partial charge in [0.1, 0.15) is 12.3 Å². The van der Waals surface area contributed by atoms with Crippen molar-refractivity contribution in [2.45, 2.75) is 38.8 Å². The molecule has 0 bridgehead atoms. The van der Waals surface area contributed by atoms with Gasteiger partial charge in [-0.3, -0.25) is 14.7 Å². The van der Waals surface area contributed by atoms with Gasteiger partial charge in [0.15, 0.2) is 11.4 Å². The number of ketones is 1. The van der Waals surface area contributed by atoms with Crippen molar-refractivity contribution in [2.24, 2.45) is 5.92 Å². The first kappa shape index (κ1) is 15.3. The molecule has 3 rings (SSSR count). The third kappa shape index (κ3) is 3.25. The largest absolute Gasteiger partial charge is 0.467 e. The third-order valence-electron chi connectivity index (χ3n) is 4.43. The van der Waals surface area contributed by atoms with Gasteiger partial charge >= 0.3 is 0 Å². The molecule has 22 heavy (non-hydrogen) atoms. The zero-order chi connectivity index (χ0) is 15.6. The van der Waals surface area contributed by atoms with Gasteiger partial charge in [-0.25, -0.2) is 0 Å². The quantitative estimate of drug-likeness (QED) is 0.808. The summed E-state index contributed by atoms with van der Waals surface area (Å²) >= 11 is 0. The molecule has 1 saturated heterocycles. The van der Waals surface area contributed by atoms with Crippen molar-refractivity contribution in [3.8, 4) is 0 Å². The number of Topliss-reactive ketones (excluding diaryl/α,β-unsaturated/α-hetero) is 1. The summed E-state index contributed by atoms with van der Waals surface area (Å²) in [6.45, 7) is 7.38. The molecule has 2 unspecified atom stereocenters. The highest BCUT2D eigenvalue weighted by atomic mass is 16.7. The second kappa shape index (κ2) is 6.26. The van der Waals surface area contributed by atoms with Crippen LogP contribution in [-0.4, -0.2) is 41.0 Å². The fourth-order valence-corrected chi connectivity index (χ4v) is 3.22. The predicted molar refractivity (Wildman–Crippen MR) is 82.7 cm³/mol. The van der Waals surface area contributed by atoms with E-state index in [0.29, 0.717) is 6.54 Å². The molecule has 0 saturated carbocycles. The smallest absolute Gasteiger partial charge is 0.175 e. The number of furan rings is 1. The number of nitrogens with zero attached hydrogens (tertiary/aromatic N) is 2. The van der Waals surface area contributed by atoms with Crippen LogP contribution in [0.2, 0.25) is 0 Å². The van der Waals surface area contributed by atoms with Crippen molar-refractivity contribution in [2.75, 3.05) is 19.6 Å². The second-order valence-corrected chi connectivity index (χ2v) is 6.44. The van der Waals surface area contributed by atoms with Crippen LogP contribution in [0.15, 0.2) is 35.1 Å². The number of carbonyl (C=O) groups is 1. The molecule has 1 fully saturated rings. The molecular weight excluding hydrogens is 280 g/mol. The summed E-state index contributed by atoms with van der Waals surface area (Å²) in [5, 5.41) is 1.67. The summed E-state index contributed by atoms with van der Waals surface area (Å²) < 4.78 is 5.31. The number of hydrogen-bond acceptors (Lipinski definition) is 5. The van der Waals surface area contributed by atoms with E-state index >= 15 is 0 Å². The van der Waals surface area contributed by atoms with E-state index in [1.54, 1.807) is 11.3 Å². The normalized spacial score (nSPS) is 26.7. The molecule has 1 aromatic rings. The maximum absolute atomic E-state index is 12.7. The van der Waals surface area contributed by atoms with Gasteiger partial charge in [0.25, 0.3) is 0 Å². The van der Waals surface area contributed by atoms with E-state index in [4.69, 9.17) is 9.25 Å². The number of hydroxylamine groups is 2. The number of rotatable bonds is 6. The first-order chi connectivity index (χ1) is 10.6. The molecule has 5 nitrogen and oxygen atoms in total. The lowest BCUT2D eigenvalue weighted by molar-refractivity contribution is -0.190. The van der Waals surface area contributed by atoms with Crippen LogP contribution in [0.3, 0.4) is 0 Å². The van der Waals surface area contributed by atoms with Gasteiger partial charge in [0.2, 0.25) is 0 Å². The van der Waals surface area contributed by atoms with Gasteiger partial charge < -0.3 is 9.32 Å². The van der Waals surface area contributed by atoms with E-state index in [1.807, 2.05) is 38.3 Å². The molecule has 0 amide bonds. The van der Waals surface area contributed by atoms with Crippen molar-refractivity contribution in [1.82, 2.24) is 9.96 Å². The maximum Gasteiger partial charge on any atom is 0.175 e. The van der Waals surface area contributed by atoms with Crippen LogP contribution in [0.1, 0.15) is 32.4 Å². The summed E-state index contributed by atoms with van der Waals surface area (Å²) in [6, 6.07) is 3.74. The van der Waals surface area contributed by atoms with Crippen LogP contribution in [0.5, 0.6) is 0 Å². The number of likely N-dealkylation sites (tertiary alicyclic amines) is 1. The Morgan fingerprint density at radius 2 is 2.18 bits per heavy atom. The van der Waals surface area contributed by atoms with E-state index < -0.39 is 5.60 Å². The molecule has 1 aromatic heterocycles. The van der Waals surface area contributed by atoms with Crippen LogP contribution in [0.25, 0.3) is 0 Å². The minimum Gasteiger partial charge on any atom is -0.467 e. The van der Waals surface area contributed by atoms with Gasteiger partial charge in [0.05, 0.1) is 6.26 Å². The average molecular weight is 304 g/mol. The topological polar surface area (TPSA) is 45.9 Å². The molecule has 0 radical (unpaired) electrons. The maximum atomic E-state index is 12.7. The number of hydrogen-bond donors (Lipinski definition) is 0. The van der Waals surface area contributed by atoms with E-state index in [0.717, 1.165) is 25.4 Å². The average Bonchev–Trinajstić information content (AvgIpc) is 3.22.